The van der Waals surface area contributed by atoms with E-state index in [4.69, 9.17) is 32.4 Å². The number of thiazole rings is 1. The van der Waals surface area contributed by atoms with Crippen LogP contribution in [0.4, 0.5) is 0 Å². The maximum absolute atomic E-state index is 13.1. The summed E-state index contributed by atoms with van der Waals surface area (Å²) in [6.07, 6.45) is 3.04. The first-order valence-corrected chi connectivity index (χ1v) is 14.5. The van der Waals surface area contributed by atoms with E-state index in [9.17, 15) is 9.59 Å². The van der Waals surface area contributed by atoms with Crippen LogP contribution in [0.1, 0.15) is 35.3 Å². The topological polar surface area (TPSA) is 103 Å². The quantitative estimate of drug-likeness (QED) is 0.181. The largest absolute Gasteiger partial charge is 0.466 e. The van der Waals surface area contributed by atoms with Gasteiger partial charge < -0.3 is 14.1 Å². The number of thioether (sulfide) groups is 1. The lowest BCUT2D eigenvalue weighted by molar-refractivity contribution is -0.149. The second-order valence-corrected chi connectivity index (χ2v) is 11.2. The van der Waals surface area contributed by atoms with Crippen LogP contribution in [-0.4, -0.2) is 56.2 Å². The number of furan rings is 1. The molecule has 1 aliphatic rings. The molecule has 1 saturated heterocycles. The number of hydrogen-bond donors (Lipinski definition) is 0. The molecule has 4 heterocycles. The second-order valence-electron chi connectivity index (χ2n) is 8.47. The SMILES string of the molecule is CCOC(=O)C1CCCN(C(=O)c2csc(CSc3nnc(-c4ccco4)n3-c3ccc(Cl)cc3Cl)n2)C1. The third kappa shape index (κ3) is 5.75. The summed E-state index contributed by atoms with van der Waals surface area (Å²) in [4.78, 5) is 31.5. The molecule has 1 amide bonds. The Hall–Kier alpha value is -2.86. The first-order valence-electron chi connectivity index (χ1n) is 11.9. The van der Waals surface area contributed by atoms with E-state index in [1.165, 1.54) is 23.1 Å². The van der Waals surface area contributed by atoms with Gasteiger partial charge in [-0.15, -0.1) is 21.5 Å². The van der Waals surface area contributed by atoms with E-state index in [1.54, 1.807) is 53.8 Å². The molecular formula is C25H23Cl2N5O4S2. The number of ether oxygens (including phenoxy) is 1. The molecule has 4 aromatic rings. The lowest BCUT2D eigenvalue weighted by atomic mass is 9.98. The highest BCUT2D eigenvalue weighted by Gasteiger charge is 2.30. The average Bonchev–Trinajstić information content (AvgIpc) is 3.68. The molecule has 0 spiro atoms. The molecule has 9 nitrogen and oxygen atoms in total. The van der Waals surface area contributed by atoms with Crippen LogP contribution >= 0.6 is 46.3 Å². The number of aromatic nitrogens is 4. The molecule has 0 N–H and O–H groups in total. The predicted octanol–water partition coefficient (Wildman–Crippen LogP) is 6.00. The number of esters is 1. The van der Waals surface area contributed by atoms with Gasteiger partial charge in [0.1, 0.15) is 10.7 Å². The standard InChI is InChI=1S/C25H23Cl2N5O4S2/c1-2-35-24(34)15-5-3-9-31(12-15)23(33)18-13-37-21(28-18)14-38-25-30-29-22(20-6-4-10-36-20)32(25)19-8-7-16(26)11-17(19)27/h4,6-8,10-11,13,15H,2-3,5,9,12,14H2,1H3. The molecule has 1 aliphatic heterocycles. The van der Waals surface area contributed by atoms with Crippen molar-refractivity contribution in [1.82, 2.24) is 24.6 Å². The van der Waals surface area contributed by atoms with Crippen LogP contribution in [-0.2, 0) is 15.3 Å². The number of halogens is 2. The number of amides is 1. The molecule has 1 aromatic carbocycles. The molecule has 3 aromatic heterocycles. The summed E-state index contributed by atoms with van der Waals surface area (Å²) in [6.45, 7) is 3.05. The first kappa shape index (κ1) is 26.7. The zero-order valence-electron chi connectivity index (χ0n) is 20.3. The number of likely N-dealkylation sites (tertiary alicyclic amines) is 1. The van der Waals surface area contributed by atoms with Gasteiger partial charge in [-0.3, -0.25) is 14.2 Å². The average molecular weight is 593 g/mol. The van der Waals surface area contributed by atoms with Gasteiger partial charge in [-0.25, -0.2) is 4.98 Å². The summed E-state index contributed by atoms with van der Waals surface area (Å²) >= 11 is 15.4. The minimum absolute atomic E-state index is 0.178. The molecule has 5 rings (SSSR count). The third-order valence-corrected chi connectivity index (χ3v) is 8.46. The van der Waals surface area contributed by atoms with Crippen molar-refractivity contribution in [3.05, 3.63) is 62.7 Å². The summed E-state index contributed by atoms with van der Waals surface area (Å²) in [6, 6.07) is 8.77. The molecule has 0 radical (unpaired) electrons. The Morgan fingerprint density at radius 2 is 2.13 bits per heavy atom. The van der Waals surface area contributed by atoms with Crippen molar-refractivity contribution in [3.63, 3.8) is 0 Å². The van der Waals surface area contributed by atoms with E-state index in [-0.39, 0.29) is 17.8 Å². The highest BCUT2D eigenvalue weighted by Crippen LogP contribution is 2.34. The second kappa shape index (κ2) is 11.9. The minimum atomic E-state index is -0.296. The Morgan fingerprint density at radius 3 is 2.89 bits per heavy atom. The number of nitrogens with zero attached hydrogens (tertiary/aromatic N) is 5. The summed E-state index contributed by atoms with van der Waals surface area (Å²) in [5.41, 5.74) is 1.03. The Morgan fingerprint density at radius 1 is 1.26 bits per heavy atom. The van der Waals surface area contributed by atoms with Crippen LogP contribution in [0.2, 0.25) is 10.0 Å². The molecule has 13 heteroatoms. The number of rotatable bonds is 8. The molecule has 1 fully saturated rings. The van der Waals surface area contributed by atoms with Gasteiger partial charge in [0.25, 0.3) is 5.91 Å². The zero-order chi connectivity index (χ0) is 26.6. The highest BCUT2D eigenvalue weighted by atomic mass is 35.5. The fourth-order valence-electron chi connectivity index (χ4n) is 4.19. The Bertz CT molecular complexity index is 1440. The van der Waals surface area contributed by atoms with Gasteiger partial charge in [-0.05, 0) is 50.1 Å². The molecule has 0 aliphatic carbocycles. The lowest BCUT2D eigenvalue weighted by Gasteiger charge is -2.31. The lowest BCUT2D eigenvalue weighted by Crippen LogP contribution is -2.43. The van der Waals surface area contributed by atoms with Crippen LogP contribution in [0.3, 0.4) is 0 Å². The Balaban J connectivity index is 1.32. The van der Waals surface area contributed by atoms with Crippen molar-refractivity contribution in [2.24, 2.45) is 5.92 Å². The van der Waals surface area contributed by atoms with Crippen LogP contribution in [0.5, 0.6) is 0 Å². The van der Waals surface area contributed by atoms with Gasteiger partial charge in [0.05, 0.1) is 35.3 Å². The number of hydrogen-bond acceptors (Lipinski definition) is 9. The normalized spacial score (nSPS) is 15.6. The van der Waals surface area contributed by atoms with Crippen LogP contribution in [0.15, 0.2) is 51.5 Å². The van der Waals surface area contributed by atoms with Gasteiger partial charge in [0.15, 0.2) is 10.9 Å². The van der Waals surface area contributed by atoms with Gasteiger partial charge in [0, 0.05) is 23.5 Å². The maximum atomic E-state index is 13.1. The predicted molar refractivity (Wildman–Crippen MR) is 146 cm³/mol. The third-order valence-electron chi connectivity index (χ3n) is 5.95. The van der Waals surface area contributed by atoms with Crippen molar-refractivity contribution >= 4 is 58.2 Å². The fourth-order valence-corrected chi connectivity index (χ4v) is 6.41. The highest BCUT2D eigenvalue weighted by molar-refractivity contribution is 7.98. The minimum Gasteiger partial charge on any atom is -0.466 e. The van der Waals surface area contributed by atoms with Crippen molar-refractivity contribution in [1.29, 1.82) is 0 Å². The van der Waals surface area contributed by atoms with E-state index < -0.39 is 0 Å². The summed E-state index contributed by atoms with van der Waals surface area (Å²) in [7, 11) is 0. The van der Waals surface area contributed by atoms with E-state index in [0.717, 1.165) is 17.8 Å². The molecule has 38 heavy (non-hydrogen) atoms. The van der Waals surface area contributed by atoms with E-state index in [2.05, 4.69) is 15.2 Å². The van der Waals surface area contributed by atoms with Gasteiger partial charge in [-0.1, -0.05) is 35.0 Å². The molecule has 1 atom stereocenters. The maximum Gasteiger partial charge on any atom is 0.310 e. The van der Waals surface area contributed by atoms with Crippen molar-refractivity contribution in [2.45, 2.75) is 30.7 Å². The zero-order valence-corrected chi connectivity index (χ0v) is 23.4. The molecule has 0 bridgehead atoms. The molecule has 1 unspecified atom stereocenters. The summed E-state index contributed by atoms with van der Waals surface area (Å²) in [5, 5.41) is 12.7. The number of carbonyl (C=O) groups excluding carboxylic acids is 2. The first-order chi connectivity index (χ1) is 18.4. The van der Waals surface area contributed by atoms with E-state index in [1.807, 2.05) is 4.57 Å². The van der Waals surface area contributed by atoms with Crippen molar-refractivity contribution in [3.8, 4) is 17.3 Å². The number of piperidine rings is 1. The summed E-state index contributed by atoms with van der Waals surface area (Å²) in [5.74, 6) is 0.779. The molecule has 198 valence electrons. The molecule has 0 saturated carbocycles. The number of carbonyl (C=O) groups is 2. The smallest absolute Gasteiger partial charge is 0.310 e. The van der Waals surface area contributed by atoms with E-state index in [0.29, 0.717) is 63.6 Å². The van der Waals surface area contributed by atoms with E-state index >= 15 is 0 Å². The van der Waals surface area contributed by atoms with Gasteiger partial charge in [-0.2, -0.15) is 0 Å². The van der Waals surface area contributed by atoms with Crippen molar-refractivity contribution < 1.29 is 18.7 Å². The fraction of sp³-hybridized carbons (Fsp3) is 0.320. The van der Waals surface area contributed by atoms with Crippen LogP contribution in [0, 0.1) is 5.92 Å². The molecular weight excluding hydrogens is 569 g/mol. The number of benzene rings is 1. The Labute approximate surface area is 237 Å². The van der Waals surface area contributed by atoms with Gasteiger partial charge >= 0.3 is 5.97 Å². The van der Waals surface area contributed by atoms with Gasteiger partial charge in [0.2, 0.25) is 5.82 Å². The van der Waals surface area contributed by atoms with Crippen LogP contribution < -0.4 is 0 Å². The Kier molecular flexibility index (Phi) is 8.37. The van der Waals surface area contributed by atoms with Crippen molar-refractivity contribution in [2.75, 3.05) is 19.7 Å². The van der Waals surface area contributed by atoms with Crippen LogP contribution in [0.25, 0.3) is 17.3 Å². The monoisotopic (exact) mass is 591 g/mol. The summed E-state index contributed by atoms with van der Waals surface area (Å²) < 4.78 is 12.5.